The number of aryl methyl sites for hydroxylation is 1. The first-order valence-corrected chi connectivity index (χ1v) is 11.9. The monoisotopic (exact) mass is 489 g/mol. The van der Waals surface area contributed by atoms with Crippen LogP contribution in [0, 0.1) is 13.8 Å². The minimum absolute atomic E-state index is 0.0396. The van der Waals surface area contributed by atoms with Gasteiger partial charge in [0.1, 0.15) is 12.2 Å². The van der Waals surface area contributed by atoms with Crippen LogP contribution in [0.1, 0.15) is 41.4 Å². The van der Waals surface area contributed by atoms with Crippen LogP contribution in [0.2, 0.25) is 0 Å². The molecule has 36 heavy (non-hydrogen) atoms. The lowest BCUT2D eigenvalue weighted by molar-refractivity contribution is -0.117. The molecule has 4 rings (SSSR count). The van der Waals surface area contributed by atoms with Crippen molar-refractivity contribution in [1.82, 2.24) is 19.7 Å². The molecule has 0 fully saturated rings. The van der Waals surface area contributed by atoms with Crippen LogP contribution in [0.4, 0.5) is 5.69 Å². The van der Waals surface area contributed by atoms with Crippen molar-refractivity contribution in [3.05, 3.63) is 65.5 Å². The van der Waals surface area contributed by atoms with Crippen LogP contribution in [0.25, 0.3) is 22.5 Å². The normalized spacial score (nSPS) is 11.3. The number of carbonyl (C=O) groups is 2. The molecule has 0 saturated carbocycles. The van der Waals surface area contributed by atoms with Crippen LogP contribution in [0.3, 0.4) is 0 Å². The van der Waals surface area contributed by atoms with Crippen molar-refractivity contribution in [2.24, 2.45) is 0 Å². The molecule has 188 valence electrons. The molecule has 3 aromatic heterocycles. The average Bonchev–Trinajstić information content (AvgIpc) is 3.54. The van der Waals surface area contributed by atoms with Crippen molar-refractivity contribution in [1.29, 1.82) is 0 Å². The molecule has 9 heteroatoms. The maximum absolute atomic E-state index is 13.9. The van der Waals surface area contributed by atoms with Gasteiger partial charge in [0.25, 0.3) is 5.91 Å². The van der Waals surface area contributed by atoms with E-state index in [4.69, 9.17) is 14.1 Å². The van der Waals surface area contributed by atoms with E-state index in [1.807, 2.05) is 45.9 Å². The molecule has 2 amide bonds. The highest BCUT2D eigenvalue weighted by molar-refractivity contribution is 6.08. The van der Waals surface area contributed by atoms with Crippen molar-refractivity contribution in [3.63, 3.8) is 0 Å². The molecule has 0 aliphatic rings. The fourth-order valence-corrected chi connectivity index (χ4v) is 4.00. The molecular weight excluding hydrogens is 458 g/mol. The Kier molecular flexibility index (Phi) is 7.49. The van der Waals surface area contributed by atoms with Crippen molar-refractivity contribution in [2.75, 3.05) is 32.1 Å². The first-order valence-electron chi connectivity index (χ1n) is 11.9. The van der Waals surface area contributed by atoms with E-state index in [2.05, 4.69) is 10.4 Å². The summed E-state index contributed by atoms with van der Waals surface area (Å²) in [6, 6.07) is 11.0. The molecule has 9 nitrogen and oxygen atoms in total. The Labute approximate surface area is 210 Å². The topological polar surface area (TPSA) is 102 Å². The molecule has 0 atom stereocenters. The number of methoxy groups -OCH3 is 1. The summed E-state index contributed by atoms with van der Waals surface area (Å²) in [4.78, 5) is 33.1. The van der Waals surface area contributed by atoms with Crippen LogP contribution in [0.5, 0.6) is 0 Å². The summed E-state index contributed by atoms with van der Waals surface area (Å²) in [5, 5.41) is 8.01. The Morgan fingerprint density at radius 1 is 1.19 bits per heavy atom. The minimum atomic E-state index is -0.313. The van der Waals surface area contributed by atoms with E-state index in [1.54, 1.807) is 42.5 Å². The molecule has 0 aliphatic heterocycles. The van der Waals surface area contributed by atoms with Gasteiger partial charge in [0.2, 0.25) is 5.91 Å². The number of pyridine rings is 1. The van der Waals surface area contributed by atoms with Gasteiger partial charge in [-0.15, -0.1) is 0 Å². The maximum Gasteiger partial charge on any atom is 0.255 e. The lowest BCUT2D eigenvalue weighted by atomic mass is 10.1. The molecule has 0 saturated heterocycles. The number of nitrogens with zero attached hydrogens (tertiary/aromatic N) is 4. The average molecular weight is 490 g/mol. The number of aromatic nitrogens is 3. The molecule has 3 heterocycles. The van der Waals surface area contributed by atoms with Gasteiger partial charge in [-0.1, -0.05) is 12.1 Å². The molecular formula is C27H31N5O4. The molecule has 1 N–H and O–H groups in total. The van der Waals surface area contributed by atoms with E-state index in [-0.39, 0.29) is 37.6 Å². The van der Waals surface area contributed by atoms with E-state index < -0.39 is 0 Å². The van der Waals surface area contributed by atoms with Crippen LogP contribution in [-0.4, -0.2) is 58.3 Å². The number of ether oxygens (including phenoxy) is 1. The fourth-order valence-electron chi connectivity index (χ4n) is 4.00. The third-order valence-electron chi connectivity index (χ3n) is 6.13. The molecule has 4 aromatic rings. The minimum Gasteiger partial charge on any atom is -0.463 e. The Morgan fingerprint density at radius 2 is 2.00 bits per heavy atom. The Bertz CT molecular complexity index is 1370. The van der Waals surface area contributed by atoms with E-state index in [0.717, 1.165) is 16.8 Å². The number of hydrogen-bond donors (Lipinski definition) is 1. The molecule has 0 bridgehead atoms. The highest BCUT2D eigenvalue weighted by Gasteiger charge is 2.25. The van der Waals surface area contributed by atoms with Gasteiger partial charge < -0.3 is 19.4 Å². The largest absolute Gasteiger partial charge is 0.463 e. The van der Waals surface area contributed by atoms with Crippen molar-refractivity contribution < 1.29 is 18.7 Å². The van der Waals surface area contributed by atoms with Crippen LogP contribution in [0.15, 0.2) is 53.3 Å². The lowest BCUT2D eigenvalue weighted by Crippen LogP contribution is -2.40. The summed E-state index contributed by atoms with van der Waals surface area (Å²) < 4.78 is 12.6. The molecule has 0 radical (unpaired) electrons. The zero-order chi connectivity index (χ0) is 25.8. The van der Waals surface area contributed by atoms with Gasteiger partial charge in [-0.25, -0.2) is 9.67 Å². The predicted octanol–water partition coefficient (Wildman–Crippen LogP) is 4.62. The predicted molar refractivity (Wildman–Crippen MR) is 138 cm³/mol. The molecule has 0 spiro atoms. The number of anilines is 1. The van der Waals surface area contributed by atoms with E-state index in [9.17, 15) is 9.59 Å². The smallest absolute Gasteiger partial charge is 0.255 e. The quantitative estimate of drug-likeness (QED) is 0.368. The standard InChI is InChI=1S/C27H31N5O4/c1-17(2)32-26-21(15-28-32)20(14-23(30-26)24-10-7-12-36-24)27(34)31(11-13-35-5)16-25(33)29-22-9-6-8-18(3)19(22)4/h6-10,12,14-15,17H,11,13,16H2,1-5H3,(H,29,33). The fraction of sp³-hybridized carbons (Fsp3) is 0.333. The number of furan rings is 1. The zero-order valence-corrected chi connectivity index (χ0v) is 21.2. The SMILES string of the molecule is COCCN(CC(=O)Nc1cccc(C)c1C)C(=O)c1cc(-c2ccco2)nc2c1cnn2C(C)C. The van der Waals surface area contributed by atoms with Gasteiger partial charge in [0.05, 0.1) is 30.0 Å². The Hall–Kier alpha value is -3.98. The van der Waals surface area contributed by atoms with E-state index >= 15 is 0 Å². The number of benzene rings is 1. The summed E-state index contributed by atoms with van der Waals surface area (Å²) in [6.45, 7) is 8.33. The van der Waals surface area contributed by atoms with Crippen LogP contribution in [-0.2, 0) is 9.53 Å². The number of fused-ring (bicyclic) bond motifs is 1. The number of rotatable bonds is 9. The number of carbonyl (C=O) groups excluding carboxylic acids is 2. The Balaban J connectivity index is 1.70. The number of hydrogen-bond acceptors (Lipinski definition) is 6. The summed E-state index contributed by atoms with van der Waals surface area (Å²) >= 11 is 0. The highest BCUT2D eigenvalue weighted by Crippen LogP contribution is 2.27. The molecule has 1 aromatic carbocycles. The lowest BCUT2D eigenvalue weighted by Gasteiger charge is -2.23. The van der Waals surface area contributed by atoms with E-state index in [1.165, 1.54) is 4.90 Å². The molecule has 0 unspecified atom stereocenters. The summed E-state index contributed by atoms with van der Waals surface area (Å²) in [5.41, 5.74) is 4.28. The van der Waals surface area contributed by atoms with Crippen LogP contribution >= 0.6 is 0 Å². The highest BCUT2D eigenvalue weighted by atomic mass is 16.5. The van der Waals surface area contributed by atoms with Crippen molar-refractivity contribution in [3.8, 4) is 11.5 Å². The summed E-state index contributed by atoms with van der Waals surface area (Å²) in [6.07, 6.45) is 3.21. The summed E-state index contributed by atoms with van der Waals surface area (Å²) in [7, 11) is 1.56. The van der Waals surface area contributed by atoms with Gasteiger partial charge >= 0.3 is 0 Å². The van der Waals surface area contributed by atoms with Gasteiger partial charge in [-0.05, 0) is 63.1 Å². The maximum atomic E-state index is 13.9. The van der Waals surface area contributed by atoms with Crippen molar-refractivity contribution >= 4 is 28.5 Å². The van der Waals surface area contributed by atoms with Crippen LogP contribution < -0.4 is 5.32 Å². The first-order chi connectivity index (χ1) is 17.3. The number of amides is 2. The second-order valence-electron chi connectivity index (χ2n) is 8.97. The van der Waals surface area contributed by atoms with Gasteiger partial charge in [-0.3, -0.25) is 9.59 Å². The first kappa shape index (κ1) is 25.1. The number of nitrogens with one attached hydrogen (secondary N) is 1. The second kappa shape index (κ2) is 10.7. The third kappa shape index (κ3) is 5.16. The van der Waals surface area contributed by atoms with E-state index in [0.29, 0.717) is 28.1 Å². The van der Waals surface area contributed by atoms with Gasteiger partial charge in [0.15, 0.2) is 11.4 Å². The second-order valence-corrected chi connectivity index (χ2v) is 8.97. The summed E-state index contributed by atoms with van der Waals surface area (Å²) in [5.74, 6) is -0.0622. The van der Waals surface area contributed by atoms with Gasteiger partial charge in [0, 0.05) is 25.4 Å². The molecule has 0 aliphatic carbocycles. The zero-order valence-electron chi connectivity index (χ0n) is 21.2. The van der Waals surface area contributed by atoms with Gasteiger partial charge in [-0.2, -0.15) is 5.10 Å². The third-order valence-corrected chi connectivity index (χ3v) is 6.13. The Morgan fingerprint density at radius 3 is 2.69 bits per heavy atom. The van der Waals surface area contributed by atoms with Crippen molar-refractivity contribution in [2.45, 2.75) is 33.7 Å².